The van der Waals surface area contributed by atoms with Crippen molar-refractivity contribution in [2.75, 3.05) is 26.8 Å². The lowest BCUT2D eigenvalue weighted by Gasteiger charge is -2.01. The van der Waals surface area contributed by atoms with Gasteiger partial charge in [-0.2, -0.15) is 0 Å². The van der Waals surface area contributed by atoms with E-state index in [4.69, 9.17) is 10.5 Å². The first-order valence-corrected chi connectivity index (χ1v) is 4.60. The highest BCUT2D eigenvalue weighted by molar-refractivity contribution is 5.91. The molecule has 0 spiro atoms. The Balaban J connectivity index is 4.27. The van der Waals surface area contributed by atoms with Crippen LogP contribution in [0.3, 0.4) is 0 Å². The Morgan fingerprint density at radius 1 is 1.75 bits per heavy atom. The highest BCUT2D eigenvalue weighted by Crippen LogP contribution is 1.94. The Morgan fingerprint density at radius 3 is 2.94 bits per heavy atom. The van der Waals surface area contributed by atoms with Crippen LogP contribution in [0.2, 0.25) is 0 Å². The lowest BCUT2D eigenvalue weighted by atomic mass is 10.4. The minimum Gasteiger partial charge on any atom is -0.384 e. The zero-order valence-corrected chi connectivity index (χ0v) is 9.18. The van der Waals surface area contributed by atoms with Gasteiger partial charge < -0.3 is 15.8 Å². The Morgan fingerprint density at radius 2 is 2.44 bits per heavy atom. The molecule has 16 heavy (non-hydrogen) atoms. The molecule has 90 valence electrons. The Labute approximate surface area is 93.8 Å². The number of nitrogens with two attached hydrogens (primary N) is 1. The van der Waals surface area contributed by atoms with Crippen molar-refractivity contribution in [3.63, 3.8) is 0 Å². The number of hydrogen-bond donors (Lipinski definition) is 2. The summed E-state index contributed by atoms with van der Waals surface area (Å²) in [5.41, 5.74) is 5.25. The highest BCUT2D eigenvalue weighted by Gasteiger charge is 2.08. The van der Waals surface area contributed by atoms with Crippen LogP contribution in [0.4, 0.5) is 0 Å². The van der Waals surface area contributed by atoms with Crippen molar-refractivity contribution in [3.8, 4) is 0 Å². The van der Waals surface area contributed by atoms with E-state index in [0.29, 0.717) is 13.2 Å². The fourth-order valence-electron chi connectivity index (χ4n) is 0.750. The van der Waals surface area contributed by atoms with Crippen molar-refractivity contribution in [1.29, 1.82) is 0 Å². The molecule has 0 bridgehead atoms. The van der Waals surface area contributed by atoms with Crippen LogP contribution in [0.1, 0.15) is 0 Å². The van der Waals surface area contributed by atoms with Gasteiger partial charge in [-0.25, -0.2) is 4.99 Å². The van der Waals surface area contributed by atoms with Gasteiger partial charge in [0.2, 0.25) is 0 Å². The molecule has 0 unspecified atom stereocenters. The normalized spacial score (nSPS) is 12.6. The van der Waals surface area contributed by atoms with Gasteiger partial charge in [0.25, 0.3) is 5.70 Å². The predicted molar refractivity (Wildman–Crippen MR) is 61.6 cm³/mol. The van der Waals surface area contributed by atoms with Crippen LogP contribution < -0.4 is 11.1 Å². The van der Waals surface area contributed by atoms with E-state index < -0.39 is 4.92 Å². The molecule has 0 aromatic heterocycles. The van der Waals surface area contributed by atoms with Crippen molar-refractivity contribution >= 4 is 5.84 Å². The standard InChI is InChI=1S/C9H16N4O3/c1-3-9(10)12-7-8(13(14)15)6-11-4-5-16-2/h3,7,11H,1,4-6H2,2H3,(H2,10,12)/b8-7+. The van der Waals surface area contributed by atoms with Crippen LogP contribution in [0, 0.1) is 10.1 Å². The monoisotopic (exact) mass is 228 g/mol. The van der Waals surface area contributed by atoms with Crippen molar-refractivity contribution in [1.82, 2.24) is 5.32 Å². The lowest BCUT2D eigenvalue weighted by Crippen LogP contribution is -2.24. The van der Waals surface area contributed by atoms with E-state index in [9.17, 15) is 10.1 Å². The molecule has 0 aromatic rings. The van der Waals surface area contributed by atoms with Crippen LogP contribution in [0.5, 0.6) is 0 Å². The van der Waals surface area contributed by atoms with Gasteiger partial charge in [0.15, 0.2) is 0 Å². The number of aliphatic imine (C=N–C) groups is 1. The smallest absolute Gasteiger partial charge is 0.278 e. The molecule has 0 fully saturated rings. The van der Waals surface area contributed by atoms with Crippen molar-refractivity contribution < 1.29 is 9.66 Å². The predicted octanol–water partition coefficient (Wildman–Crippen LogP) is -0.116. The second-order valence-electron chi connectivity index (χ2n) is 2.81. The quantitative estimate of drug-likeness (QED) is 0.198. The van der Waals surface area contributed by atoms with E-state index >= 15 is 0 Å². The summed E-state index contributed by atoms with van der Waals surface area (Å²) in [5, 5.41) is 13.4. The summed E-state index contributed by atoms with van der Waals surface area (Å²) in [6, 6.07) is 0. The molecule has 0 amide bonds. The number of methoxy groups -OCH3 is 1. The summed E-state index contributed by atoms with van der Waals surface area (Å²) in [7, 11) is 1.56. The molecule has 0 aromatic carbocycles. The van der Waals surface area contributed by atoms with Crippen LogP contribution in [-0.2, 0) is 4.74 Å². The first-order chi connectivity index (χ1) is 7.61. The topological polar surface area (TPSA) is 103 Å². The van der Waals surface area contributed by atoms with Gasteiger partial charge in [0.1, 0.15) is 12.0 Å². The molecule has 7 nitrogen and oxygen atoms in total. The molecular formula is C9H16N4O3. The number of nitrogens with one attached hydrogen (secondary N) is 1. The van der Waals surface area contributed by atoms with Crippen molar-refractivity contribution in [2.45, 2.75) is 0 Å². The molecule has 0 heterocycles. The van der Waals surface area contributed by atoms with Gasteiger partial charge in [-0.1, -0.05) is 6.58 Å². The van der Waals surface area contributed by atoms with E-state index in [1.807, 2.05) is 0 Å². The third-order valence-corrected chi connectivity index (χ3v) is 1.60. The van der Waals surface area contributed by atoms with E-state index in [1.165, 1.54) is 6.08 Å². The summed E-state index contributed by atoms with van der Waals surface area (Å²) >= 11 is 0. The number of hydrogen-bond acceptors (Lipinski definition) is 5. The van der Waals surface area contributed by atoms with Crippen LogP contribution in [-0.4, -0.2) is 37.6 Å². The minimum absolute atomic E-state index is 0.0686. The molecule has 0 aliphatic rings. The van der Waals surface area contributed by atoms with Gasteiger partial charge in [-0.15, -0.1) is 0 Å². The number of rotatable bonds is 8. The molecule has 0 radical (unpaired) electrons. The molecule has 0 atom stereocenters. The van der Waals surface area contributed by atoms with Gasteiger partial charge in [-0.05, 0) is 6.08 Å². The maximum Gasteiger partial charge on any atom is 0.278 e. The second kappa shape index (κ2) is 8.57. The van der Waals surface area contributed by atoms with Gasteiger partial charge >= 0.3 is 0 Å². The van der Waals surface area contributed by atoms with Gasteiger partial charge in [0, 0.05) is 13.7 Å². The average molecular weight is 228 g/mol. The first-order valence-electron chi connectivity index (χ1n) is 4.60. The fraction of sp³-hybridized carbons (Fsp3) is 0.444. The van der Waals surface area contributed by atoms with Crippen LogP contribution >= 0.6 is 0 Å². The van der Waals surface area contributed by atoms with E-state index in [2.05, 4.69) is 16.9 Å². The fourth-order valence-corrected chi connectivity index (χ4v) is 0.750. The maximum atomic E-state index is 10.6. The largest absolute Gasteiger partial charge is 0.384 e. The van der Waals surface area contributed by atoms with E-state index in [0.717, 1.165) is 6.20 Å². The number of ether oxygens (including phenoxy) is 1. The lowest BCUT2D eigenvalue weighted by molar-refractivity contribution is -0.426. The maximum absolute atomic E-state index is 10.6. The summed E-state index contributed by atoms with van der Waals surface area (Å²) in [5.74, 6) is 0.135. The Bertz CT molecular complexity index is 299. The van der Waals surface area contributed by atoms with Gasteiger partial charge in [0.05, 0.1) is 18.1 Å². The molecule has 0 saturated carbocycles. The number of nitro groups is 1. The zero-order chi connectivity index (χ0) is 12.4. The first kappa shape index (κ1) is 14.3. The molecule has 0 rings (SSSR count). The van der Waals surface area contributed by atoms with E-state index in [-0.39, 0.29) is 18.1 Å². The number of amidine groups is 1. The Kier molecular flexibility index (Phi) is 7.64. The van der Waals surface area contributed by atoms with Crippen LogP contribution in [0.15, 0.2) is 29.5 Å². The minimum atomic E-state index is -0.514. The van der Waals surface area contributed by atoms with Gasteiger partial charge in [-0.3, -0.25) is 10.1 Å². The SMILES string of the molecule is C=C/C(N)=N\C=C(/CNCCOC)[N+](=O)[O-]. The molecule has 3 N–H and O–H groups in total. The summed E-state index contributed by atoms with van der Waals surface area (Å²) < 4.78 is 4.79. The summed E-state index contributed by atoms with van der Waals surface area (Å²) in [6.07, 6.45) is 2.42. The van der Waals surface area contributed by atoms with Crippen molar-refractivity contribution in [2.24, 2.45) is 10.7 Å². The molecule has 0 aliphatic heterocycles. The summed E-state index contributed by atoms with van der Waals surface area (Å²) in [6.45, 7) is 4.50. The van der Waals surface area contributed by atoms with Crippen LogP contribution in [0.25, 0.3) is 0 Å². The highest BCUT2D eigenvalue weighted by atomic mass is 16.6. The molecule has 0 aliphatic carbocycles. The molecular weight excluding hydrogens is 212 g/mol. The second-order valence-corrected chi connectivity index (χ2v) is 2.81. The Hall–Kier alpha value is -1.73. The van der Waals surface area contributed by atoms with Crippen molar-refractivity contribution in [3.05, 3.63) is 34.7 Å². The molecule has 7 heteroatoms. The summed E-state index contributed by atoms with van der Waals surface area (Å²) in [4.78, 5) is 13.7. The third kappa shape index (κ3) is 6.68. The third-order valence-electron chi connectivity index (χ3n) is 1.60. The average Bonchev–Trinajstić information content (AvgIpc) is 2.27. The molecule has 0 saturated heterocycles. The zero-order valence-electron chi connectivity index (χ0n) is 9.18. The number of nitrogens with zero attached hydrogens (tertiary/aromatic N) is 2. The van der Waals surface area contributed by atoms with E-state index in [1.54, 1.807) is 7.11 Å².